The van der Waals surface area contributed by atoms with Gasteiger partial charge in [0.2, 0.25) is 5.88 Å². The van der Waals surface area contributed by atoms with Gasteiger partial charge in [-0.05, 0) is 30.8 Å². The zero-order valence-corrected chi connectivity index (χ0v) is 15.3. The first kappa shape index (κ1) is 17.6. The lowest BCUT2D eigenvalue weighted by molar-refractivity contribution is -0.141. The molecule has 5 nitrogen and oxygen atoms in total. The number of unbranched alkanes of at least 4 members (excludes halogenated alkanes) is 1. The average Bonchev–Trinajstić information content (AvgIpc) is 3.11. The van der Waals surface area contributed by atoms with Crippen LogP contribution >= 0.6 is 23.6 Å². The van der Waals surface area contributed by atoms with Crippen LogP contribution in [0.4, 0.5) is 5.69 Å². The fourth-order valence-electron chi connectivity index (χ4n) is 2.82. The monoisotopic (exact) mass is 374 g/mol. The summed E-state index contributed by atoms with van der Waals surface area (Å²) < 4.78 is 1.71. The van der Waals surface area contributed by atoms with Crippen LogP contribution in [0.2, 0.25) is 0 Å². The van der Waals surface area contributed by atoms with Crippen molar-refractivity contribution in [3.05, 3.63) is 38.7 Å². The molecule has 0 fully saturated rings. The summed E-state index contributed by atoms with van der Waals surface area (Å²) in [5, 5.41) is 20.1. The van der Waals surface area contributed by atoms with Gasteiger partial charge in [0.05, 0.1) is 10.6 Å². The van der Waals surface area contributed by atoms with E-state index in [2.05, 4.69) is 4.99 Å². The second-order valence-electron chi connectivity index (χ2n) is 5.80. The molecule has 0 spiro atoms. The zero-order chi connectivity index (χ0) is 18.0. The number of benzene rings is 1. The SMILES string of the molecule is CCCC[C@H](C(=O)O)n1c(O)c(C=C2C=Nc3ccccc32)sc1=S. The molecule has 1 aliphatic heterocycles. The Kier molecular flexibility index (Phi) is 5.15. The summed E-state index contributed by atoms with van der Waals surface area (Å²) in [6.45, 7) is 2.00. The molecule has 0 radical (unpaired) electrons. The number of nitrogens with zero attached hydrogens (tertiary/aromatic N) is 2. The molecule has 0 unspecified atom stereocenters. The summed E-state index contributed by atoms with van der Waals surface area (Å²) in [5.74, 6) is -1.08. The highest BCUT2D eigenvalue weighted by Crippen LogP contribution is 2.37. The molecule has 3 rings (SSSR count). The van der Waals surface area contributed by atoms with E-state index in [1.165, 1.54) is 15.9 Å². The lowest BCUT2D eigenvalue weighted by Gasteiger charge is -2.14. The highest BCUT2D eigenvalue weighted by Gasteiger charge is 2.25. The van der Waals surface area contributed by atoms with Crippen LogP contribution in [0.1, 0.15) is 42.7 Å². The fourth-order valence-corrected chi connectivity index (χ4v) is 4.18. The fraction of sp³-hybridized carbons (Fsp3) is 0.278. The van der Waals surface area contributed by atoms with Crippen molar-refractivity contribution >= 4 is 53.1 Å². The summed E-state index contributed by atoms with van der Waals surface area (Å²) in [5.41, 5.74) is 2.73. The van der Waals surface area contributed by atoms with Crippen LogP contribution < -0.4 is 0 Å². The zero-order valence-electron chi connectivity index (χ0n) is 13.7. The Balaban J connectivity index is 2.01. The van der Waals surface area contributed by atoms with Crippen LogP contribution in [0.15, 0.2) is 29.3 Å². The number of hydrogen-bond acceptors (Lipinski definition) is 5. The van der Waals surface area contributed by atoms with Crippen molar-refractivity contribution < 1.29 is 15.0 Å². The summed E-state index contributed by atoms with van der Waals surface area (Å²) >= 11 is 6.53. The minimum Gasteiger partial charge on any atom is -0.493 e. The van der Waals surface area contributed by atoms with Gasteiger partial charge in [-0.3, -0.25) is 9.56 Å². The number of aliphatic carboxylic acids is 1. The van der Waals surface area contributed by atoms with Gasteiger partial charge in [-0.2, -0.15) is 0 Å². The van der Waals surface area contributed by atoms with Gasteiger partial charge in [0, 0.05) is 17.4 Å². The Morgan fingerprint density at radius 2 is 2.20 bits per heavy atom. The molecule has 2 N–H and O–H groups in total. The number of allylic oxidation sites excluding steroid dienone is 1. The molecule has 2 aromatic rings. The predicted octanol–water partition coefficient (Wildman–Crippen LogP) is 5.06. The van der Waals surface area contributed by atoms with Crippen molar-refractivity contribution in [1.82, 2.24) is 4.57 Å². The van der Waals surface area contributed by atoms with E-state index < -0.39 is 12.0 Å². The molecule has 0 bridgehead atoms. The summed E-state index contributed by atoms with van der Waals surface area (Å²) in [6.07, 6.45) is 5.62. The highest BCUT2D eigenvalue weighted by molar-refractivity contribution is 7.73. The van der Waals surface area contributed by atoms with Gasteiger partial charge in [0.15, 0.2) is 3.95 Å². The van der Waals surface area contributed by atoms with E-state index in [1.807, 2.05) is 31.2 Å². The van der Waals surface area contributed by atoms with Gasteiger partial charge in [0.1, 0.15) is 6.04 Å². The van der Waals surface area contributed by atoms with Gasteiger partial charge in [-0.15, -0.1) is 11.3 Å². The molecule has 0 saturated heterocycles. The quantitative estimate of drug-likeness (QED) is 0.693. The molecule has 1 aromatic carbocycles. The molecule has 7 heteroatoms. The van der Waals surface area contributed by atoms with Crippen molar-refractivity contribution in [3.8, 4) is 5.88 Å². The van der Waals surface area contributed by atoms with E-state index in [4.69, 9.17) is 12.2 Å². The number of thiazole rings is 1. The van der Waals surface area contributed by atoms with E-state index in [0.717, 1.165) is 29.7 Å². The third kappa shape index (κ3) is 3.43. The molecule has 130 valence electrons. The van der Waals surface area contributed by atoms with Crippen molar-refractivity contribution in [2.24, 2.45) is 4.99 Å². The van der Waals surface area contributed by atoms with Crippen LogP contribution in [-0.2, 0) is 4.79 Å². The number of para-hydroxylation sites is 1. The third-order valence-electron chi connectivity index (χ3n) is 4.11. The standard InChI is InChI=1S/C18H18N2O3S2/c1-2-3-8-14(17(22)23)20-16(21)15(25-18(20)24)9-11-10-19-13-7-5-4-6-12(11)13/h4-7,9-10,14,21H,2-3,8H2,1H3,(H,22,23)/t14-/m1/s1. The first-order chi connectivity index (χ1) is 12.0. The minimum absolute atomic E-state index is 0.0937. The minimum atomic E-state index is -0.982. The number of aromatic nitrogens is 1. The van der Waals surface area contributed by atoms with Crippen LogP contribution in [-0.4, -0.2) is 27.0 Å². The van der Waals surface area contributed by atoms with Gasteiger partial charge >= 0.3 is 5.97 Å². The molecule has 1 atom stereocenters. The first-order valence-electron chi connectivity index (χ1n) is 8.05. The normalized spacial score (nSPS) is 15.5. The van der Waals surface area contributed by atoms with E-state index >= 15 is 0 Å². The average molecular weight is 374 g/mol. The summed E-state index contributed by atoms with van der Waals surface area (Å²) in [4.78, 5) is 16.5. The number of carboxylic acids is 1. The molecule has 0 amide bonds. The third-order valence-corrected chi connectivity index (χ3v) is 5.45. The predicted molar refractivity (Wildman–Crippen MR) is 103 cm³/mol. The van der Waals surface area contributed by atoms with Crippen molar-refractivity contribution in [1.29, 1.82) is 0 Å². The lowest BCUT2D eigenvalue weighted by Crippen LogP contribution is -2.18. The van der Waals surface area contributed by atoms with Crippen molar-refractivity contribution in [2.75, 3.05) is 0 Å². The second-order valence-corrected chi connectivity index (χ2v) is 7.47. The summed E-state index contributed by atoms with van der Waals surface area (Å²) in [7, 11) is 0. The van der Waals surface area contributed by atoms with Crippen LogP contribution in [0.3, 0.4) is 0 Å². The van der Waals surface area contributed by atoms with E-state index in [-0.39, 0.29) is 5.88 Å². The number of aromatic hydroxyl groups is 1. The summed E-state index contributed by atoms with van der Waals surface area (Å²) in [6, 6.07) is 6.88. The first-order valence-corrected chi connectivity index (χ1v) is 9.27. The van der Waals surface area contributed by atoms with Crippen LogP contribution in [0.5, 0.6) is 5.88 Å². The number of carboxylic acid groups (broad SMARTS) is 1. The lowest BCUT2D eigenvalue weighted by atomic mass is 10.1. The maximum atomic E-state index is 11.6. The Bertz CT molecular complexity index is 925. The smallest absolute Gasteiger partial charge is 0.326 e. The van der Waals surface area contributed by atoms with Gasteiger partial charge in [-0.1, -0.05) is 38.0 Å². The molecule has 1 aromatic heterocycles. The maximum absolute atomic E-state index is 11.6. The Hall–Kier alpha value is -2.25. The van der Waals surface area contributed by atoms with E-state index in [1.54, 1.807) is 12.3 Å². The Labute approximate surface area is 154 Å². The Morgan fingerprint density at radius 3 is 2.92 bits per heavy atom. The topological polar surface area (TPSA) is 74.8 Å². The van der Waals surface area contributed by atoms with Crippen molar-refractivity contribution in [2.45, 2.75) is 32.2 Å². The molecular weight excluding hydrogens is 356 g/mol. The molecule has 25 heavy (non-hydrogen) atoms. The molecule has 0 aliphatic carbocycles. The van der Waals surface area contributed by atoms with Gasteiger partial charge in [-0.25, -0.2) is 4.79 Å². The number of aliphatic imine (C=N–C) groups is 1. The molecule has 0 saturated carbocycles. The van der Waals surface area contributed by atoms with Crippen molar-refractivity contribution in [3.63, 3.8) is 0 Å². The number of rotatable bonds is 6. The van der Waals surface area contributed by atoms with E-state index in [0.29, 0.717) is 15.3 Å². The second kappa shape index (κ2) is 7.33. The number of fused-ring (bicyclic) bond motifs is 1. The highest BCUT2D eigenvalue weighted by atomic mass is 32.1. The van der Waals surface area contributed by atoms with Gasteiger partial charge < -0.3 is 10.2 Å². The molecule has 2 heterocycles. The number of hydrogen-bond donors (Lipinski definition) is 2. The van der Waals surface area contributed by atoms with Gasteiger partial charge in [0.25, 0.3) is 0 Å². The van der Waals surface area contributed by atoms with E-state index in [9.17, 15) is 15.0 Å². The van der Waals surface area contributed by atoms with Crippen LogP contribution in [0, 0.1) is 3.95 Å². The Morgan fingerprint density at radius 1 is 1.44 bits per heavy atom. The molecule has 1 aliphatic rings. The number of carbonyl (C=O) groups is 1. The molecular formula is C18H18N2O3S2. The largest absolute Gasteiger partial charge is 0.493 e. The maximum Gasteiger partial charge on any atom is 0.326 e. The van der Waals surface area contributed by atoms with Crippen LogP contribution in [0.25, 0.3) is 11.6 Å².